The van der Waals surface area contributed by atoms with E-state index < -0.39 is 0 Å². The summed E-state index contributed by atoms with van der Waals surface area (Å²) in [7, 11) is 0. The Bertz CT molecular complexity index is 750. The monoisotopic (exact) mass is 287 g/mol. The summed E-state index contributed by atoms with van der Waals surface area (Å²) < 4.78 is 15.6. The van der Waals surface area contributed by atoms with E-state index in [0.29, 0.717) is 16.4 Å². The number of hydrogen-bond acceptors (Lipinski definition) is 2. The quantitative estimate of drug-likeness (QED) is 0.726. The van der Waals surface area contributed by atoms with Crippen molar-refractivity contribution in [2.24, 2.45) is 0 Å². The third-order valence-electron chi connectivity index (χ3n) is 3.01. The predicted octanol–water partition coefficient (Wildman–Crippen LogP) is 3.91. The van der Waals surface area contributed by atoms with E-state index in [1.165, 1.54) is 12.1 Å². The van der Waals surface area contributed by atoms with Crippen molar-refractivity contribution in [3.8, 4) is 16.9 Å². The first-order chi connectivity index (χ1) is 9.65. The average Bonchev–Trinajstić information content (AvgIpc) is 2.91. The molecule has 100 valence electrons. The van der Waals surface area contributed by atoms with E-state index in [-0.39, 0.29) is 5.82 Å². The van der Waals surface area contributed by atoms with E-state index in [9.17, 15) is 4.39 Å². The summed E-state index contributed by atoms with van der Waals surface area (Å²) in [5.74, 6) is -0.354. The molecule has 3 aromatic rings. The van der Waals surface area contributed by atoms with Crippen molar-refractivity contribution in [3.63, 3.8) is 0 Å². The second-order valence-corrected chi connectivity index (χ2v) is 4.80. The third-order valence-corrected chi connectivity index (χ3v) is 3.26. The van der Waals surface area contributed by atoms with E-state index in [1.807, 2.05) is 12.1 Å². The first-order valence-electron chi connectivity index (χ1n) is 5.99. The van der Waals surface area contributed by atoms with Gasteiger partial charge in [-0.15, -0.1) is 0 Å². The van der Waals surface area contributed by atoms with Gasteiger partial charge in [-0.1, -0.05) is 23.7 Å². The van der Waals surface area contributed by atoms with Gasteiger partial charge in [0.1, 0.15) is 5.82 Å². The fraction of sp³-hybridized carbons (Fsp3) is 0. The number of anilines is 1. The van der Waals surface area contributed by atoms with Gasteiger partial charge in [-0.2, -0.15) is 0 Å². The molecular weight excluding hydrogens is 277 g/mol. The maximum absolute atomic E-state index is 14.0. The zero-order valence-electron chi connectivity index (χ0n) is 10.4. The Balaban J connectivity index is 2.15. The van der Waals surface area contributed by atoms with E-state index in [2.05, 4.69) is 4.98 Å². The van der Waals surface area contributed by atoms with Crippen LogP contribution in [0.1, 0.15) is 0 Å². The van der Waals surface area contributed by atoms with Crippen LogP contribution in [0.4, 0.5) is 10.1 Å². The highest BCUT2D eigenvalue weighted by molar-refractivity contribution is 6.30. The molecule has 0 bridgehead atoms. The summed E-state index contributed by atoms with van der Waals surface area (Å²) in [5.41, 5.74) is 8.26. The van der Waals surface area contributed by atoms with Crippen LogP contribution < -0.4 is 5.73 Å². The molecule has 0 aliphatic rings. The fourth-order valence-electron chi connectivity index (χ4n) is 2.04. The van der Waals surface area contributed by atoms with E-state index in [4.69, 9.17) is 17.3 Å². The standard InChI is InChI=1S/C15H11ClFN3/c16-11-3-1-10(2-4-11)15-8-19-9-20(15)14-7-12(18)5-6-13(14)17/h1-9H,18H2. The van der Waals surface area contributed by atoms with Gasteiger partial charge in [0.05, 0.1) is 23.9 Å². The molecule has 0 amide bonds. The minimum atomic E-state index is -0.354. The van der Waals surface area contributed by atoms with Crippen LogP contribution in [-0.2, 0) is 0 Å². The Morgan fingerprint density at radius 2 is 1.85 bits per heavy atom. The van der Waals surface area contributed by atoms with Gasteiger partial charge in [-0.05, 0) is 30.3 Å². The lowest BCUT2D eigenvalue weighted by Crippen LogP contribution is -2.00. The number of nitrogens with zero attached hydrogens (tertiary/aromatic N) is 2. The molecule has 3 rings (SSSR count). The zero-order valence-corrected chi connectivity index (χ0v) is 11.2. The lowest BCUT2D eigenvalue weighted by molar-refractivity contribution is 0.619. The number of hydrogen-bond donors (Lipinski definition) is 1. The molecule has 20 heavy (non-hydrogen) atoms. The molecule has 2 aromatic carbocycles. The molecule has 0 radical (unpaired) electrons. The van der Waals surface area contributed by atoms with Crippen molar-refractivity contribution in [1.82, 2.24) is 9.55 Å². The summed E-state index contributed by atoms with van der Waals surface area (Å²) in [6.45, 7) is 0. The largest absolute Gasteiger partial charge is 0.399 e. The molecular formula is C15H11ClFN3. The van der Waals surface area contributed by atoms with Crippen LogP contribution in [0.15, 0.2) is 55.0 Å². The van der Waals surface area contributed by atoms with Crippen LogP contribution in [0.25, 0.3) is 16.9 Å². The Morgan fingerprint density at radius 3 is 2.60 bits per heavy atom. The smallest absolute Gasteiger partial charge is 0.147 e. The van der Waals surface area contributed by atoms with Gasteiger partial charge >= 0.3 is 0 Å². The van der Waals surface area contributed by atoms with E-state index >= 15 is 0 Å². The van der Waals surface area contributed by atoms with Gasteiger partial charge < -0.3 is 5.73 Å². The molecule has 0 atom stereocenters. The summed E-state index contributed by atoms with van der Waals surface area (Å²) in [6, 6.07) is 11.7. The topological polar surface area (TPSA) is 43.8 Å². The third kappa shape index (κ3) is 2.26. The van der Waals surface area contributed by atoms with Gasteiger partial charge in [-0.3, -0.25) is 4.57 Å². The molecule has 0 saturated carbocycles. The molecule has 0 aliphatic carbocycles. The second-order valence-electron chi connectivity index (χ2n) is 4.37. The van der Waals surface area contributed by atoms with Crippen LogP contribution in [0.3, 0.4) is 0 Å². The molecule has 0 spiro atoms. The number of imidazole rings is 1. The molecule has 1 heterocycles. The highest BCUT2D eigenvalue weighted by Gasteiger charge is 2.11. The van der Waals surface area contributed by atoms with Crippen molar-refractivity contribution in [2.45, 2.75) is 0 Å². The maximum Gasteiger partial charge on any atom is 0.147 e. The van der Waals surface area contributed by atoms with Crippen LogP contribution in [0.5, 0.6) is 0 Å². The Morgan fingerprint density at radius 1 is 1.10 bits per heavy atom. The number of rotatable bonds is 2. The summed E-state index contributed by atoms with van der Waals surface area (Å²) in [6.07, 6.45) is 3.23. The number of aromatic nitrogens is 2. The lowest BCUT2D eigenvalue weighted by Gasteiger charge is -2.10. The summed E-state index contributed by atoms with van der Waals surface area (Å²) in [5, 5.41) is 0.648. The summed E-state index contributed by atoms with van der Waals surface area (Å²) in [4.78, 5) is 4.09. The van der Waals surface area contributed by atoms with Crippen LogP contribution in [-0.4, -0.2) is 9.55 Å². The molecule has 3 nitrogen and oxygen atoms in total. The van der Waals surface area contributed by atoms with Crippen molar-refractivity contribution in [2.75, 3.05) is 5.73 Å². The van der Waals surface area contributed by atoms with E-state index in [0.717, 1.165) is 11.3 Å². The Kier molecular flexibility index (Phi) is 3.16. The SMILES string of the molecule is Nc1ccc(F)c(-n2cncc2-c2ccc(Cl)cc2)c1. The first-order valence-corrected chi connectivity index (χ1v) is 6.36. The van der Waals surface area contributed by atoms with Crippen molar-refractivity contribution in [1.29, 1.82) is 0 Å². The minimum absolute atomic E-state index is 0.354. The van der Waals surface area contributed by atoms with Crippen molar-refractivity contribution >= 4 is 17.3 Å². The van der Waals surface area contributed by atoms with Crippen molar-refractivity contribution in [3.05, 3.63) is 65.8 Å². The minimum Gasteiger partial charge on any atom is -0.399 e. The molecule has 0 saturated heterocycles. The van der Waals surface area contributed by atoms with Gasteiger partial charge in [0.15, 0.2) is 0 Å². The number of benzene rings is 2. The fourth-order valence-corrected chi connectivity index (χ4v) is 2.16. The Labute approximate surface area is 120 Å². The van der Waals surface area contributed by atoms with Gasteiger partial charge in [-0.25, -0.2) is 9.37 Å². The van der Waals surface area contributed by atoms with Crippen molar-refractivity contribution < 1.29 is 4.39 Å². The predicted molar refractivity (Wildman–Crippen MR) is 78.4 cm³/mol. The Hall–Kier alpha value is -2.33. The molecule has 5 heteroatoms. The van der Waals surface area contributed by atoms with Crippen LogP contribution in [0.2, 0.25) is 5.02 Å². The number of nitrogens with two attached hydrogens (primary N) is 1. The first kappa shape index (κ1) is 12.7. The maximum atomic E-state index is 14.0. The zero-order chi connectivity index (χ0) is 14.1. The average molecular weight is 288 g/mol. The van der Waals surface area contributed by atoms with E-state index in [1.54, 1.807) is 35.3 Å². The summed E-state index contributed by atoms with van der Waals surface area (Å²) >= 11 is 5.88. The van der Waals surface area contributed by atoms with Gasteiger partial charge in [0, 0.05) is 16.3 Å². The molecule has 0 aliphatic heterocycles. The highest BCUT2D eigenvalue weighted by Crippen LogP contribution is 2.26. The molecule has 0 fully saturated rings. The number of halogens is 2. The van der Waals surface area contributed by atoms with Crippen LogP contribution >= 0.6 is 11.6 Å². The molecule has 0 unspecified atom stereocenters. The molecule has 2 N–H and O–H groups in total. The van der Waals surface area contributed by atoms with Gasteiger partial charge in [0.2, 0.25) is 0 Å². The highest BCUT2D eigenvalue weighted by atomic mass is 35.5. The van der Waals surface area contributed by atoms with Crippen LogP contribution in [0, 0.1) is 5.82 Å². The lowest BCUT2D eigenvalue weighted by atomic mass is 10.1. The molecule has 1 aromatic heterocycles. The second kappa shape index (κ2) is 4.98. The number of nitrogen functional groups attached to an aromatic ring is 1. The van der Waals surface area contributed by atoms with Gasteiger partial charge in [0.25, 0.3) is 0 Å². The normalized spacial score (nSPS) is 10.7.